The van der Waals surface area contributed by atoms with Crippen LogP contribution in [0.4, 0.5) is 11.4 Å². The average molecular weight is 278 g/mol. The molecule has 1 saturated heterocycles. The molecule has 7 heteroatoms. The molecule has 1 aromatic rings. The van der Waals surface area contributed by atoms with E-state index in [0.717, 1.165) is 12.8 Å². The number of anilines is 1. The number of carbonyl (C=O) groups is 1. The molecule has 0 radical (unpaired) electrons. The third-order valence-corrected chi connectivity index (χ3v) is 3.67. The van der Waals surface area contributed by atoms with Gasteiger partial charge in [-0.25, -0.2) is 0 Å². The first-order valence-electron chi connectivity index (χ1n) is 6.53. The molecule has 0 saturated carbocycles. The van der Waals surface area contributed by atoms with E-state index >= 15 is 0 Å². The Morgan fingerprint density at radius 2 is 2.10 bits per heavy atom. The Kier molecular flexibility index (Phi) is 4.19. The highest BCUT2D eigenvalue weighted by Crippen LogP contribution is 2.22. The van der Waals surface area contributed by atoms with E-state index < -0.39 is 4.92 Å². The first kappa shape index (κ1) is 14.3. The van der Waals surface area contributed by atoms with Crippen molar-refractivity contribution in [3.05, 3.63) is 33.9 Å². The number of piperidine rings is 1. The van der Waals surface area contributed by atoms with Gasteiger partial charge in [0, 0.05) is 37.0 Å². The predicted octanol–water partition coefficient (Wildman–Crippen LogP) is 1.00. The second-order valence-corrected chi connectivity index (χ2v) is 4.88. The number of nitro groups is 1. The first-order valence-corrected chi connectivity index (χ1v) is 6.53. The van der Waals surface area contributed by atoms with Gasteiger partial charge in [0.2, 0.25) is 0 Å². The Labute approximate surface area is 116 Å². The molecule has 0 unspecified atom stereocenters. The number of nitro benzene ring substituents is 1. The van der Waals surface area contributed by atoms with Crippen LogP contribution in [0.2, 0.25) is 0 Å². The molecular weight excluding hydrogens is 260 g/mol. The number of hydrogen-bond acceptors (Lipinski definition) is 5. The smallest absolute Gasteiger partial charge is 0.270 e. The maximum absolute atomic E-state index is 12.4. The lowest BCUT2D eigenvalue weighted by molar-refractivity contribution is -0.384. The second-order valence-electron chi connectivity index (χ2n) is 4.88. The van der Waals surface area contributed by atoms with E-state index in [1.165, 1.54) is 18.2 Å². The summed E-state index contributed by atoms with van der Waals surface area (Å²) in [7, 11) is 1.90. The molecular formula is C13H18N4O3. The maximum Gasteiger partial charge on any atom is 0.270 e. The highest BCUT2D eigenvalue weighted by molar-refractivity contribution is 5.99. The monoisotopic (exact) mass is 278 g/mol. The fraction of sp³-hybridized carbons (Fsp3) is 0.462. The maximum atomic E-state index is 12.4. The van der Waals surface area contributed by atoms with Crippen LogP contribution >= 0.6 is 0 Å². The van der Waals surface area contributed by atoms with Crippen molar-refractivity contribution in [2.45, 2.75) is 18.9 Å². The van der Waals surface area contributed by atoms with Gasteiger partial charge in [-0.2, -0.15) is 0 Å². The van der Waals surface area contributed by atoms with Crippen molar-refractivity contribution in [1.82, 2.24) is 10.2 Å². The number of non-ortho nitro benzene ring substituents is 1. The van der Waals surface area contributed by atoms with E-state index in [2.05, 4.69) is 5.32 Å². The van der Waals surface area contributed by atoms with E-state index in [1.54, 1.807) is 4.90 Å². The summed E-state index contributed by atoms with van der Waals surface area (Å²) in [5.74, 6) is -0.235. The number of amides is 1. The molecule has 0 atom stereocenters. The third-order valence-electron chi connectivity index (χ3n) is 3.67. The lowest BCUT2D eigenvalue weighted by Gasteiger charge is -2.32. The Morgan fingerprint density at radius 3 is 2.65 bits per heavy atom. The van der Waals surface area contributed by atoms with Crippen LogP contribution in [-0.2, 0) is 0 Å². The first-order chi connectivity index (χ1) is 9.52. The van der Waals surface area contributed by atoms with Crippen molar-refractivity contribution >= 4 is 17.3 Å². The molecule has 1 amide bonds. The second kappa shape index (κ2) is 5.87. The van der Waals surface area contributed by atoms with Gasteiger partial charge in [0.15, 0.2) is 0 Å². The van der Waals surface area contributed by atoms with Gasteiger partial charge in [-0.15, -0.1) is 0 Å². The summed E-state index contributed by atoms with van der Waals surface area (Å²) in [6.45, 7) is 1.26. The van der Waals surface area contributed by atoms with Crippen LogP contribution in [0.1, 0.15) is 23.2 Å². The number of nitrogens with two attached hydrogens (primary N) is 1. The summed E-state index contributed by atoms with van der Waals surface area (Å²) < 4.78 is 0. The molecule has 0 spiro atoms. The molecule has 20 heavy (non-hydrogen) atoms. The molecule has 0 bridgehead atoms. The number of benzene rings is 1. The Bertz CT molecular complexity index is 524. The fourth-order valence-corrected chi connectivity index (χ4v) is 2.38. The fourth-order valence-electron chi connectivity index (χ4n) is 2.38. The van der Waals surface area contributed by atoms with E-state index in [9.17, 15) is 14.9 Å². The van der Waals surface area contributed by atoms with Crippen molar-refractivity contribution in [1.29, 1.82) is 0 Å². The predicted molar refractivity (Wildman–Crippen MR) is 75.5 cm³/mol. The van der Waals surface area contributed by atoms with E-state index in [1.807, 2.05) is 7.05 Å². The van der Waals surface area contributed by atoms with Crippen LogP contribution in [0, 0.1) is 10.1 Å². The number of nitrogens with zero attached hydrogens (tertiary/aromatic N) is 2. The summed E-state index contributed by atoms with van der Waals surface area (Å²) in [5.41, 5.74) is 6.13. The number of carbonyl (C=O) groups excluding carboxylic acids is 1. The van der Waals surface area contributed by atoms with Crippen molar-refractivity contribution in [2.75, 3.05) is 25.9 Å². The van der Waals surface area contributed by atoms with E-state index in [-0.39, 0.29) is 22.8 Å². The minimum atomic E-state index is -0.524. The summed E-state index contributed by atoms with van der Waals surface area (Å²) in [6, 6.07) is 4.38. The van der Waals surface area contributed by atoms with E-state index in [4.69, 9.17) is 5.73 Å². The number of rotatable bonds is 3. The topological polar surface area (TPSA) is 102 Å². The number of nitrogen functional groups attached to an aromatic ring is 1. The van der Waals surface area contributed by atoms with Gasteiger partial charge in [0.25, 0.3) is 11.6 Å². The lowest BCUT2D eigenvalue weighted by Crippen LogP contribution is -2.44. The zero-order valence-electron chi connectivity index (χ0n) is 11.3. The third kappa shape index (κ3) is 2.88. The van der Waals surface area contributed by atoms with Gasteiger partial charge in [0.1, 0.15) is 0 Å². The molecule has 1 aliphatic heterocycles. The molecule has 1 heterocycles. The van der Waals surface area contributed by atoms with Gasteiger partial charge in [-0.1, -0.05) is 0 Å². The van der Waals surface area contributed by atoms with Gasteiger partial charge >= 0.3 is 0 Å². The number of likely N-dealkylation sites (tertiary alicyclic amines) is 1. The van der Waals surface area contributed by atoms with Gasteiger partial charge in [0.05, 0.1) is 10.5 Å². The molecule has 0 aromatic heterocycles. The van der Waals surface area contributed by atoms with Crippen LogP contribution in [0.15, 0.2) is 18.2 Å². The zero-order valence-corrected chi connectivity index (χ0v) is 11.3. The summed E-state index contributed by atoms with van der Waals surface area (Å²) in [6.07, 6.45) is 1.74. The Morgan fingerprint density at radius 1 is 1.45 bits per heavy atom. The quantitative estimate of drug-likeness (QED) is 0.488. The lowest BCUT2D eigenvalue weighted by atomic mass is 10.0. The van der Waals surface area contributed by atoms with Gasteiger partial charge < -0.3 is 16.0 Å². The summed E-state index contributed by atoms with van der Waals surface area (Å²) in [5, 5.41) is 14.0. The Balaban J connectivity index is 2.17. The summed E-state index contributed by atoms with van der Waals surface area (Å²) in [4.78, 5) is 24.3. The molecule has 1 aliphatic rings. The molecule has 3 N–H and O–H groups in total. The zero-order chi connectivity index (χ0) is 14.7. The molecule has 2 rings (SSSR count). The molecule has 0 aliphatic carbocycles. The van der Waals surface area contributed by atoms with Crippen molar-refractivity contribution < 1.29 is 9.72 Å². The minimum absolute atomic E-state index is 0.118. The molecule has 1 aromatic carbocycles. The van der Waals surface area contributed by atoms with Crippen molar-refractivity contribution in [3.8, 4) is 0 Å². The van der Waals surface area contributed by atoms with Crippen LogP contribution in [0.25, 0.3) is 0 Å². The van der Waals surface area contributed by atoms with Gasteiger partial charge in [-0.05, 0) is 26.0 Å². The van der Waals surface area contributed by atoms with Gasteiger partial charge in [-0.3, -0.25) is 14.9 Å². The number of hydrogen-bond donors (Lipinski definition) is 2. The highest BCUT2D eigenvalue weighted by atomic mass is 16.6. The minimum Gasteiger partial charge on any atom is -0.398 e. The average Bonchev–Trinajstić information content (AvgIpc) is 2.47. The van der Waals surface area contributed by atoms with Crippen LogP contribution in [0.5, 0.6) is 0 Å². The molecule has 7 nitrogen and oxygen atoms in total. The molecule has 108 valence electrons. The Hall–Kier alpha value is -2.15. The standard InChI is InChI=1S/C13H18N4O3/c1-15-9-4-6-16(7-5-9)13(18)11-8-10(17(19)20)2-3-12(11)14/h2-3,8-9,15H,4-7,14H2,1H3. The molecule has 1 fully saturated rings. The van der Waals surface area contributed by atoms with Crippen LogP contribution < -0.4 is 11.1 Å². The number of nitrogens with one attached hydrogen (secondary N) is 1. The van der Waals surface area contributed by atoms with Crippen LogP contribution in [0.3, 0.4) is 0 Å². The normalized spacial score (nSPS) is 16.1. The SMILES string of the molecule is CNC1CCN(C(=O)c2cc([N+](=O)[O-])ccc2N)CC1. The highest BCUT2D eigenvalue weighted by Gasteiger charge is 2.25. The van der Waals surface area contributed by atoms with Crippen molar-refractivity contribution in [3.63, 3.8) is 0 Å². The summed E-state index contributed by atoms with van der Waals surface area (Å²) >= 11 is 0. The largest absolute Gasteiger partial charge is 0.398 e. The van der Waals surface area contributed by atoms with Crippen molar-refractivity contribution in [2.24, 2.45) is 0 Å². The van der Waals surface area contributed by atoms with Crippen LogP contribution in [-0.4, -0.2) is 41.9 Å². The van der Waals surface area contributed by atoms with E-state index in [0.29, 0.717) is 19.1 Å².